The Labute approximate surface area is 182 Å². The Morgan fingerprint density at radius 3 is 2.42 bits per heavy atom. The summed E-state index contributed by atoms with van der Waals surface area (Å²) in [5.74, 6) is 1.12. The highest BCUT2D eigenvalue weighted by molar-refractivity contribution is 5.97. The van der Waals surface area contributed by atoms with Gasteiger partial charge in [-0.3, -0.25) is 0 Å². The molecular formula is C26H26N2O3. The molecule has 0 aromatic heterocycles. The number of carbonyl (C=O) groups excluding carboxylic acids is 1. The number of anilines is 2. The minimum absolute atomic E-state index is 0.311. The van der Waals surface area contributed by atoms with E-state index in [1.54, 1.807) is 0 Å². The summed E-state index contributed by atoms with van der Waals surface area (Å²) in [5.41, 5.74) is 5.24. The minimum Gasteiger partial charge on any atom is -0.456 e. The van der Waals surface area contributed by atoms with Crippen molar-refractivity contribution in [3.8, 4) is 11.5 Å². The zero-order valence-corrected chi connectivity index (χ0v) is 18.3. The van der Waals surface area contributed by atoms with Crippen molar-refractivity contribution in [2.45, 2.75) is 26.4 Å². The van der Waals surface area contributed by atoms with Gasteiger partial charge < -0.3 is 19.7 Å². The van der Waals surface area contributed by atoms with E-state index in [-0.39, 0.29) is 5.97 Å². The number of benzene rings is 3. The molecule has 158 valence electrons. The van der Waals surface area contributed by atoms with E-state index in [9.17, 15) is 4.79 Å². The summed E-state index contributed by atoms with van der Waals surface area (Å²) in [6.45, 7) is 8.12. The molecule has 5 rings (SSSR count). The van der Waals surface area contributed by atoms with Crippen LogP contribution in [0.15, 0.2) is 54.6 Å². The Balaban J connectivity index is 1.82. The predicted octanol–water partition coefficient (Wildman–Crippen LogP) is 5.45. The number of hydrogen-bond donors (Lipinski definition) is 1. The summed E-state index contributed by atoms with van der Waals surface area (Å²) in [6.07, 6.45) is 0. The molecule has 5 nitrogen and oxygen atoms in total. The molecule has 2 aliphatic rings. The van der Waals surface area contributed by atoms with Gasteiger partial charge in [0.2, 0.25) is 0 Å². The maximum absolute atomic E-state index is 13.0. The van der Waals surface area contributed by atoms with E-state index >= 15 is 0 Å². The predicted molar refractivity (Wildman–Crippen MR) is 123 cm³/mol. The van der Waals surface area contributed by atoms with E-state index < -0.39 is 5.60 Å². The van der Waals surface area contributed by atoms with Crippen LogP contribution in [-0.2, 0) is 10.3 Å². The van der Waals surface area contributed by atoms with Crippen LogP contribution in [0.3, 0.4) is 0 Å². The molecular weight excluding hydrogens is 388 g/mol. The van der Waals surface area contributed by atoms with Crippen molar-refractivity contribution in [1.29, 1.82) is 0 Å². The fraction of sp³-hybridized carbons (Fsp3) is 0.269. The van der Waals surface area contributed by atoms with Crippen LogP contribution < -0.4 is 15.0 Å². The van der Waals surface area contributed by atoms with E-state index in [0.717, 1.165) is 52.5 Å². The Kier molecular flexibility index (Phi) is 4.43. The van der Waals surface area contributed by atoms with Crippen LogP contribution in [0.25, 0.3) is 0 Å². The van der Waals surface area contributed by atoms with Gasteiger partial charge in [0, 0.05) is 54.3 Å². The summed E-state index contributed by atoms with van der Waals surface area (Å²) >= 11 is 0. The highest BCUT2D eigenvalue weighted by atomic mass is 16.6. The van der Waals surface area contributed by atoms with Crippen molar-refractivity contribution < 1.29 is 14.3 Å². The third-order valence-electron chi connectivity index (χ3n) is 6.44. The average molecular weight is 415 g/mol. The van der Waals surface area contributed by atoms with Gasteiger partial charge in [0.15, 0.2) is 5.60 Å². The van der Waals surface area contributed by atoms with Gasteiger partial charge in [0.05, 0.1) is 5.56 Å². The van der Waals surface area contributed by atoms with Gasteiger partial charge in [0.1, 0.15) is 11.5 Å². The molecule has 0 bridgehead atoms. The van der Waals surface area contributed by atoms with Crippen LogP contribution in [-0.4, -0.2) is 26.1 Å². The lowest BCUT2D eigenvalue weighted by atomic mass is 9.77. The topological polar surface area (TPSA) is 50.8 Å². The van der Waals surface area contributed by atoms with Gasteiger partial charge in [0.25, 0.3) is 0 Å². The number of nitrogens with zero attached hydrogens (tertiary/aromatic N) is 1. The summed E-state index contributed by atoms with van der Waals surface area (Å²) in [4.78, 5) is 15.2. The third kappa shape index (κ3) is 2.66. The second-order valence-electron chi connectivity index (χ2n) is 7.98. The molecule has 5 heteroatoms. The molecule has 0 amide bonds. The van der Waals surface area contributed by atoms with Crippen molar-refractivity contribution in [3.05, 3.63) is 82.4 Å². The van der Waals surface area contributed by atoms with Crippen LogP contribution in [0.2, 0.25) is 0 Å². The van der Waals surface area contributed by atoms with Crippen LogP contribution in [0.5, 0.6) is 11.5 Å². The first-order chi connectivity index (χ1) is 15.0. The number of carbonyl (C=O) groups is 1. The zero-order chi connectivity index (χ0) is 21.8. The first-order valence-corrected chi connectivity index (χ1v) is 10.8. The van der Waals surface area contributed by atoms with Gasteiger partial charge >= 0.3 is 5.97 Å². The highest BCUT2D eigenvalue weighted by Crippen LogP contribution is 2.57. The first-order valence-electron chi connectivity index (χ1n) is 10.8. The molecule has 2 aliphatic heterocycles. The van der Waals surface area contributed by atoms with Gasteiger partial charge in [-0.05, 0) is 56.7 Å². The Morgan fingerprint density at radius 2 is 1.68 bits per heavy atom. The second kappa shape index (κ2) is 7.05. The number of ether oxygens (including phenoxy) is 2. The maximum Gasteiger partial charge on any atom is 0.340 e. The van der Waals surface area contributed by atoms with E-state index in [1.807, 2.05) is 56.4 Å². The van der Waals surface area contributed by atoms with Crippen LogP contribution in [0.4, 0.5) is 11.4 Å². The van der Waals surface area contributed by atoms with Crippen molar-refractivity contribution in [1.82, 2.24) is 0 Å². The van der Waals surface area contributed by atoms with Crippen molar-refractivity contribution in [3.63, 3.8) is 0 Å². The molecule has 2 heterocycles. The number of esters is 1. The molecule has 0 saturated carbocycles. The number of aryl methyl sites for hydroxylation is 1. The molecule has 1 unspecified atom stereocenters. The Hall–Kier alpha value is -3.47. The van der Waals surface area contributed by atoms with Crippen LogP contribution >= 0.6 is 0 Å². The second-order valence-corrected chi connectivity index (χ2v) is 7.98. The van der Waals surface area contributed by atoms with Crippen molar-refractivity contribution in [2.24, 2.45) is 0 Å². The lowest BCUT2D eigenvalue weighted by Crippen LogP contribution is -2.33. The fourth-order valence-electron chi connectivity index (χ4n) is 4.86. The normalized spacial score (nSPS) is 18.0. The number of fused-ring (bicyclic) bond motifs is 6. The summed E-state index contributed by atoms with van der Waals surface area (Å²) in [7, 11) is 1.89. The SMILES string of the molecule is CCN(CC)c1ccc2c(c1)Oc1cc(C)c(NC)cc1C21OC(=O)c2ccccc21. The number of nitrogens with one attached hydrogen (secondary N) is 1. The number of hydrogen-bond acceptors (Lipinski definition) is 5. The minimum atomic E-state index is -1.03. The summed E-state index contributed by atoms with van der Waals surface area (Å²) in [6, 6.07) is 17.9. The molecule has 31 heavy (non-hydrogen) atoms. The van der Waals surface area contributed by atoms with Crippen LogP contribution in [0.1, 0.15) is 46.5 Å². The molecule has 1 N–H and O–H groups in total. The lowest BCUT2D eigenvalue weighted by molar-refractivity contribution is 0.0224. The first kappa shape index (κ1) is 19.5. The Bertz CT molecular complexity index is 1200. The van der Waals surface area contributed by atoms with Gasteiger partial charge in [-0.1, -0.05) is 18.2 Å². The molecule has 1 atom stereocenters. The van der Waals surface area contributed by atoms with Gasteiger partial charge in [-0.2, -0.15) is 0 Å². The maximum atomic E-state index is 13.0. The standard InChI is InChI=1S/C26H26N2O3/c1-5-28(6-2)17-11-12-20-24(14-17)30-23-13-16(3)22(27-4)15-21(23)26(20)19-10-8-7-9-18(19)25(29)31-26/h7-15,27H,5-6H2,1-4H3. The lowest BCUT2D eigenvalue weighted by Gasteiger charge is -2.37. The quantitative estimate of drug-likeness (QED) is 0.575. The van der Waals surface area contributed by atoms with Gasteiger partial charge in [-0.25, -0.2) is 4.79 Å². The summed E-state index contributed by atoms with van der Waals surface area (Å²) < 4.78 is 12.7. The van der Waals surface area contributed by atoms with E-state index in [0.29, 0.717) is 11.3 Å². The molecule has 3 aromatic carbocycles. The zero-order valence-electron chi connectivity index (χ0n) is 18.3. The van der Waals surface area contributed by atoms with E-state index in [2.05, 4.69) is 36.2 Å². The van der Waals surface area contributed by atoms with E-state index in [1.165, 1.54) is 0 Å². The highest BCUT2D eigenvalue weighted by Gasteiger charge is 2.53. The smallest absolute Gasteiger partial charge is 0.340 e. The molecule has 0 saturated heterocycles. The van der Waals surface area contributed by atoms with Gasteiger partial charge in [-0.15, -0.1) is 0 Å². The molecule has 3 aromatic rings. The van der Waals surface area contributed by atoms with Crippen molar-refractivity contribution >= 4 is 17.3 Å². The molecule has 1 spiro atoms. The summed E-state index contributed by atoms with van der Waals surface area (Å²) in [5, 5.41) is 3.25. The molecule has 0 fully saturated rings. The van der Waals surface area contributed by atoms with Crippen LogP contribution in [0, 0.1) is 6.92 Å². The number of rotatable bonds is 4. The molecule has 0 aliphatic carbocycles. The average Bonchev–Trinajstić information content (AvgIpc) is 3.07. The van der Waals surface area contributed by atoms with E-state index in [4.69, 9.17) is 9.47 Å². The Morgan fingerprint density at radius 1 is 0.935 bits per heavy atom. The van der Waals surface area contributed by atoms with Crippen molar-refractivity contribution in [2.75, 3.05) is 30.4 Å². The fourth-order valence-corrected chi connectivity index (χ4v) is 4.86. The largest absolute Gasteiger partial charge is 0.456 e. The third-order valence-corrected chi connectivity index (χ3v) is 6.44. The monoisotopic (exact) mass is 414 g/mol. The molecule has 0 radical (unpaired) electrons.